The van der Waals surface area contributed by atoms with Crippen molar-refractivity contribution >= 4 is 5.97 Å². The highest BCUT2D eigenvalue weighted by atomic mass is 16.5. The van der Waals surface area contributed by atoms with E-state index in [0.717, 1.165) is 18.2 Å². The fourth-order valence-corrected chi connectivity index (χ4v) is 2.57. The second kappa shape index (κ2) is 7.45. The minimum absolute atomic E-state index is 0.355. The average Bonchev–Trinajstić information content (AvgIpc) is 2.93. The average molecular weight is 280 g/mol. The summed E-state index contributed by atoms with van der Waals surface area (Å²) in [5.74, 6) is 1.25. The van der Waals surface area contributed by atoms with Crippen LogP contribution in [0, 0.1) is 5.92 Å². The molecule has 1 fully saturated rings. The smallest absolute Gasteiger partial charge is 0.341 e. The molecule has 0 saturated carbocycles. The SMILES string of the molecule is COC(=O)c1coc(CNCCC2CCN(C)CC2)c1. The third-order valence-corrected chi connectivity index (χ3v) is 3.94. The number of carbonyl (C=O) groups excluding carboxylic acids is 1. The molecule has 5 heteroatoms. The highest BCUT2D eigenvalue weighted by Crippen LogP contribution is 2.18. The van der Waals surface area contributed by atoms with Gasteiger partial charge in [0.2, 0.25) is 0 Å². The van der Waals surface area contributed by atoms with Crippen LogP contribution < -0.4 is 5.32 Å². The molecule has 0 amide bonds. The fraction of sp³-hybridized carbons (Fsp3) is 0.667. The van der Waals surface area contributed by atoms with Gasteiger partial charge in [-0.05, 0) is 57.9 Å². The van der Waals surface area contributed by atoms with Crippen molar-refractivity contribution in [1.82, 2.24) is 10.2 Å². The van der Waals surface area contributed by atoms with Crippen molar-refractivity contribution in [3.63, 3.8) is 0 Å². The van der Waals surface area contributed by atoms with Gasteiger partial charge in [0.15, 0.2) is 0 Å². The summed E-state index contributed by atoms with van der Waals surface area (Å²) in [5.41, 5.74) is 0.472. The Morgan fingerprint density at radius 3 is 2.95 bits per heavy atom. The van der Waals surface area contributed by atoms with Crippen LogP contribution in [0.3, 0.4) is 0 Å². The predicted molar refractivity (Wildman–Crippen MR) is 76.6 cm³/mol. The second-order valence-electron chi connectivity index (χ2n) is 5.51. The standard InChI is InChI=1S/C15H24N2O3/c1-17-7-4-12(5-8-17)3-6-16-10-14-9-13(11-20-14)15(18)19-2/h9,11-12,16H,3-8,10H2,1-2H3. The van der Waals surface area contributed by atoms with Gasteiger partial charge in [0.05, 0.1) is 19.2 Å². The molecule has 2 heterocycles. The first-order chi connectivity index (χ1) is 9.69. The van der Waals surface area contributed by atoms with Crippen molar-refractivity contribution in [3.8, 4) is 0 Å². The van der Waals surface area contributed by atoms with E-state index in [1.807, 2.05) is 0 Å². The molecular weight excluding hydrogens is 256 g/mol. The molecule has 1 saturated heterocycles. The number of rotatable bonds is 6. The van der Waals surface area contributed by atoms with Gasteiger partial charge < -0.3 is 19.4 Å². The van der Waals surface area contributed by atoms with Crippen molar-refractivity contribution in [1.29, 1.82) is 0 Å². The Morgan fingerprint density at radius 2 is 2.25 bits per heavy atom. The molecule has 0 bridgehead atoms. The third-order valence-electron chi connectivity index (χ3n) is 3.94. The monoisotopic (exact) mass is 280 g/mol. The van der Waals surface area contributed by atoms with E-state index in [-0.39, 0.29) is 5.97 Å². The summed E-state index contributed by atoms with van der Waals surface area (Å²) >= 11 is 0. The van der Waals surface area contributed by atoms with Gasteiger partial charge in [-0.3, -0.25) is 0 Å². The Bertz CT molecular complexity index is 423. The molecule has 1 aromatic heterocycles. The first kappa shape index (κ1) is 15.1. The van der Waals surface area contributed by atoms with E-state index in [1.165, 1.54) is 45.7 Å². The highest BCUT2D eigenvalue weighted by molar-refractivity contribution is 5.88. The van der Waals surface area contributed by atoms with Crippen LogP contribution in [-0.2, 0) is 11.3 Å². The van der Waals surface area contributed by atoms with Gasteiger partial charge in [-0.25, -0.2) is 4.79 Å². The van der Waals surface area contributed by atoms with Crippen molar-refractivity contribution in [2.75, 3.05) is 33.8 Å². The molecule has 0 aliphatic carbocycles. The molecule has 0 unspecified atom stereocenters. The molecule has 0 atom stereocenters. The normalized spacial score (nSPS) is 17.3. The van der Waals surface area contributed by atoms with Gasteiger partial charge in [0, 0.05) is 0 Å². The van der Waals surface area contributed by atoms with Gasteiger partial charge >= 0.3 is 5.97 Å². The number of esters is 1. The predicted octanol–water partition coefficient (Wildman–Crippen LogP) is 1.89. The molecule has 1 aliphatic heterocycles. The van der Waals surface area contributed by atoms with Crippen molar-refractivity contribution < 1.29 is 13.9 Å². The highest BCUT2D eigenvalue weighted by Gasteiger charge is 2.16. The lowest BCUT2D eigenvalue weighted by Gasteiger charge is -2.28. The number of hydrogen-bond donors (Lipinski definition) is 1. The molecule has 1 aromatic rings. The number of hydrogen-bond acceptors (Lipinski definition) is 5. The van der Waals surface area contributed by atoms with Crippen LogP contribution in [-0.4, -0.2) is 44.7 Å². The summed E-state index contributed by atoms with van der Waals surface area (Å²) in [6.45, 7) is 4.07. The topological polar surface area (TPSA) is 54.7 Å². The van der Waals surface area contributed by atoms with Gasteiger partial charge in [0.25, 0.3) is 0 Å². The molecule has 112 valence electrons. The van der Waals surface area contributed by atoms with Crippen LogP contribution in [0.1, 0.15) is 35.4 Å². The maximum absolute atomic E-state index is 11.3. The Morgan fingerprint density at radius 1 is 1.50 bits per heavy atom. The molecule has 0 spiro atoms. The van der Waals surface area contributed by atoms with E-state index in [0.29, 0.717) is 12.1 Å². The maximum atomic E-state index is 11.3. The zero-order chi connectivity index (χ0) is 14.4. The Hall–Kier alpha value is -1.33. The van der Waals surface area contributed by atoms with Gasteiger partial charge in [-0.2, -0.15) is 0 Å². The van der Waals surface area contributed by atoms with Crippen LogP contribution in [0.4, 0.5) is 0 Å². The van der Waals surface area contributed by atoms with Crippen molar-refractivity contribution in [2.45, 2.75) is 25.8 Å². The van der Waals surface area contributed by atoms with E-state index < -0.39 is 0 Å². The zero-order valence-electron chi connectivity index (χ0n) is 12.4. The summed E-state index contributed by atoms with van der Waals surface area (Å²) in [7, 11) is 3.55. The largest absolute Gasteiger partial charge is 0.467 e. The lowest BCUT2D eigenvalue weighted by molar-refractivity contribution is 0.0600. The third kappa shape index (κ3) is 4.35. The van der Waals surface area contributed by atoms with Crippen LogP contribution in [0.25, 0.3) is 0 Å². The molecule has 2 rings (SSSR count). The first-order valence-corrected chi connectivity index (χ1v) is 7.24. The van der Waals surface area contributed by atoms with E-state index in [4.69, 9.17) is 4.42 Å². The molecule has 0 radical (unpaired) electrons. The minimum atomic E-state index is -0.355. The zero-order valence-corrected chi connectivity index (χ0v) is 12.4. The molecular formula is C15H24N2O3. The lowest BCUT2D eigenvalue weighted by atomic mass is 9.94. The summed E-state index contributed by atoms with van der Waals surface area (Å²) in [6.07, 6.45) is 5.25. The van der Waals surface area contributed by atoms with Gasteiger partial charge in [0.1, 0.15) is 12.0 Å². The van der Waals surface area contributed by atoms with Crippen LogP contribution in [0.2, 0.25) is 0 Å². The lowest BCUT2D eigenvalue weighted by Crippen LogP contribution is -2.31. The first-order valence-electron chi connectivity index (χ1n) is 7.24. The number of likely N-dealkylation sites (tertiary alicyclic amines) is 1. The molecule has 1 N–H and O–H groups in total. The van der Waals surface area contributed by atoms with Gasteiger partial charge in [-0.1, -0.05) is 0 Å². The molecule has 20 heavy (non-hydrogen) atoms. The summed E-state index contributed by atoms with van der Waals surface area (Å²) < 4.78 is 9.96. The number of nitrogens with one attached hydrogen (secondary N) is 1. The number of methoxy groups -OCH3 is 1. The van der Waals surface area contributed by atoms with E-state index in [9.17, 15) is 4.79 Å². The van der Waals surface area contributed by atoms with Crippen molar-refractivity contribution in [3.05, 3.63) is 23.7 Å². The van der Waals surface area contributed by atoms with Crippen LogP contribution in [0.15, 0.2) is 16.7 Å². The van der Waals surface area contributed by atoms with Crippen LogP contribution >= 0.6 is 0 Å². The van der Waals surface area contributed by atoms with E-state index in [2.05, 4.69) is 22.0 Å². The summed E-state index contributed by atoms with van der Waals surface area (Å²) in [4.78, 5) is 13.7. The number of piperidine rings is 1. The molecule has 5 nitrogen and oxygen atoms in total. The Kier molecular flexibility index (Phi) is 5.61. The minimum Gasteiger partial charge on any atom is -0.467 e. The van der Waals surface area contributed by atoms with Crippen molar-refractivity contribution in [2.24, 2.45) is 5.92 Å². The Balaban J connectivity index is 1.63. The Labute approximate surface area is 120 Å². The number of furan rings is 1. The van der Waals surface area contributed by atoms with Crippen LogP contribution in [0.5, 0.6) is 0 Å². The second-order valence-corrected chi connectivity index (χ2v) is 5.51. The molecule has 0 aromatic carbocycles. The number of nitrogens with zero attached hydrogens (tertiary/aromatic N) is 1. The number of carbonyl (C=O) groups is 1. The van der Waals surface area contributed by atoms with Gasteiger partial charge in [-0.15, -0.1) is 0 Å². The maximum Gasteiger partial charge on any atom is 0.341 e. The van der Waals surface area contributed by atoms with E-state index >= 15 is 0 Å². The number of ether oxygens (including phenoxy) is 1. The fourth-order valence-electron chi connectivity index (χ4n) is 2.57. The summed E-state index contributed by atoms with van der Waals surface area (Å²) in [5, 5.41) is 3.37. The van der Waals surface area contributed by atoms with E-state index in [1.54, 1.807) is 6.07 Å². The summed E-state index contributed by atoms with van der Waals surface area (Å²) in [6, 6.07) is 1.73. The quantitative estimate of drug-likeness (QED) is 0.637. The molecule has 1 aliphatic rings.